The minimum Gasteiger partial charge on any atom is -0.465 e. The molecule has 0 aliphatic carbocycles. The molecular weight excluding hydrogens is 460 g/mol. The van der Waals surface area contributed by atoms with Crippen LogP contribution in [0.2, 0.25) is 0 Å². The Hall–Kier alpha value is -3.50. The summed E-state index contributed by atoms with van der Waals surface area (Å²) in [4.78, 5) is 39.8. The fraction of sp³-hybridized carbons (Fsp3) is 0.292. The highest BCUT2D eigenvalue weighted by atomic mass is 32.2. The van der Waals surface area contributed by atoms with Gasteiger partial charge in [0.25, 0.3) is 0 Å². The van der Waals surface area contributed by atoms with E-state index in [0.29, 0.717) is 11.3 Å². The number of sulfonamides is 1. The first kappa shape index (κ1) is 25.1. The summed E-state index contributed by atoms with van der Waals surface area (Å²) >= 11 is 0. The normalized spacial score (nSPS) is 12.4. The molecule has 0 aliphatic rings. The molecule has 0 aliphatic heterocycles. The minimum atomic E-state index is -3.83. The van der Waals surface area contributed by atoms with E-state index in [0.717, 1.165) is 10.8 Å². The van der Waals surface area contributed by atoms with Gasteiger partial charge in [-0.15, -0.1) is 0 Å². The first-order valence-electron chi connectivity index (χ1n) is 10.5. The van der Waals surface area contributed by atoms with Crippen molar-refractivity contribution in [3.63, 3.8) is 0 Å². The number of Topliss-reactive ketones (excluding diaryl/α,β-unsaturated/α-hetero) is 1. The Morgan fingerprint density at radius 3 is 2.41 bits per heavy atom. The number of carbonyl (C=O) groups is 3. The van der Waals surface area contributed by atoms with Crippen LogP contribution in [0.25, 0.3) is 10.8 Å². The highest BCUT2D eigenvalue weighted by molar-refractivity contribution is 7.89. The van der Waals surface area contributed by atoms with Crippen LogP contribution in [0, 0.1) is 13.8 Å². The number of aryl methyl sites for hydroxylation is 1. The zero-order valence-corrected chi connectivity index (χ0v) is 20.1. The van der Waals surface area contributed by atoms with Gasteiger partial charge in [-0.2, -0.15) is 0 Å². The van der Waals surface area contributed by atoms with Crippen LogP contribution in [0.3, 0.4) is 0 Å². The van der Waals surface area contributed by atoms with Gasteiger partial charge in [-0.25, -0.2) is 17.9 Å². The first-order valence-corrected chi connectivity index (χ1v) is 12.0. The number of aromatic amines is 1. The molecule has 9 nitrogen and oxygen atoms in total. The maximum absolute atomic E-state index is 12.7. The number of aromatic nitrogens is 1. The summed E-state index contributed by atoms with van der Waals surface area (Å²) in [6.45, 7) is 4.45. The lowest BCUT2D eigenvalue weighted by atomic mass is 10.1. The minimum absolute atomic E-state index is 0.0853. The Bertz CT molecular complexity index is 1360. The molecule has 1 heterocycles. The molecule has 1 atom stereocenters. The predicted octanol–water partition coefficient (Wildman–Crippen LogP) is 3.05. The lowest BCUT2D eigenvalue weighted by Gasteiger charge is -2.13. The third kappa shape index (κ3) is 5.35. The number of nitrogens with one attached hydrogen (secondary N) is 2. The van der Waals surface area contributed by atoms with Crippen molar-refractivity contribution in [2.24, 2.45) is 0 Å². The van der Waals surface area contributed by atoms with Gasteiger partial charge in [-0.1, -0.05) is 30.3 Å². The van der Waals surface area contributed by atoms with Gasteiger partial charge in [0, 0.05) is 12.2 Å². The van der Waals surface area contributed by atoms with Crippen molar-refractivity contribution in [1.29, 1.82) is 0 Å². The van der Waals surface area contributed by atoms with Gasteiger partial charge in [0.2, 0.25) is 15.8 Å². The number of fused-ring (bicyclic) bond motifs is 1. The van der Waals surface area contributed by atoms with Crippen molar-refractivity contribution in [2.45, 2.75) is 38.2 Å². The van der Waals surface area contributed by atoms with Crippen molar-refractivity contribution in [3.8, 4) is 0 Å². The van der Waals surface area contributed by atoms with E-state index in [1.165, 1.54) is 20.1 Å². The third-order valence-electron chi connectivity index (χ3n) is 5.40. The zero-order chi connectivity index (χ0) is 25.0. The Balaban J connectivity index is 1.58. The molecule has 34 heavy (non-hydrogen) atoms. The Kier molecular flexibility index (Phi) is 7.53. The Morgan fingerprint density at radius 1 is 1.06 bits per heavy atom. The topological polar surface area (TPSA) is 132 Å². The van der Waals surface area contributed by atoms with Crippen LogP contribution in [0.1, 0.15) is 45.4 Å². The molecule has 0 saturated carbocycles. The van der Waals surface area contributed by atoms with Crippen LogP contribution in [-0.2, 0) is 24.3 Å². The Labute approximate surface area is 197 Å². The average Bonchev–Trinajstić information content (AvgIpc) is 3.11. The van der Waals surface area contributed by atoms with Gasteiger partial charge in [-0.3, -0.25) is 9.59 Å². The van der Waals surface area contributed by atoms with Crippen LogP contribution in [-0.4, -0.2) is 50.9 Å². The summed E-state index contributed by atoms with van der Waals surface area (Å²) in [5.41, 5.74) is 1.28. The molecule has 0 amide bonds. The Morgan fingerprint density at radius 2 is 1.74 bits per heavy atom. The van der Waals surface area contributed by atoms with E-state index in [2.05, 4.69) is 9.71 Å². The maximum Gasteiger partial charge on any atom is 0.339 e. The van der Waals surface area contributed by atoms with Crippen LogP contribution in [0.5, 0.6) is 0 Å². The van der Waals surface area contributed by atoms with Crippen LogP contribution < -0.4 is 4.72 Å². The molecule has 0 spiro atoms. The molecule has 180 valence electrons. The van der Waals surface area contributed by atoms with E-state index in [1.807, 2.05) is 24.3 Å². The van der Waals surface area contributed by atoms with Crippen LogP contribution in [0.4, 0.5) is 0 Å². The number of methoxy groups -OCH3 is 1. The number of benzene rings is 2. The van der Waals surface area contributed by atoms with Crippen molar-refractivity contribution in [2.75, 3.05) is 13.7 Å². The molecule has 1 unspecified atom stereocenters. The number of esters is 2. The van der Waals surface area contributed by atoms with Gasteiger partial charge in [-0.05, 0) is 49.2 Å². The van der Waals surface area contributed by atoms with E-state index in [1.54, 1.807) is 26.0 Å². The lowest BCUT2D eigenvalue weighted by Crippen LogP contribution is -2.29. The van der Waals surface area contributed by atoms with Crippen LogP contribution in [0.15, 0.2) is 47.4 Å². The summed E-state index contributed by atoms with van der Waals surface area (Å²) in [6, 6.07) is 12.1. The number of rotatable bonds is 9. The quantitative estimate of drug-likeness (QED) is 0.351. The molecule has 10 heteroatoms. The number of carbonyl (C=O) groups excluding carboxylic acids is 3. The van der Waals surface area contributed by atoms with Crippen LogP contribution >= 0.6 is 0 Å². The number of hydrogen-bond donors (Lipinski definition) is 2. The van der Waals surface area contributed by atoms with Crippen molar-refractivity contribution < 1.29 is 32.3 Å². The summed E-state index contributed by atoms with van der Waals surface area (Å²) in [5.74, 6) is -1.83. The lowest BCUT2D eigenvalue weighted by molar-refractivity contribution is -0.146. The van der Waals surface area contributed by atoms with Gasteiger partial charge < -0.3 is 14.5 Å². The molecule has 0 saturated heterocycles. The second-order valence-electron chi connectivity index (χ2n) is 7.77. The zero-order valence-electron chi connectivity index (χ0n) is 19.3. The van der Waals surface area contributed by atoms with Gasteiger partial charge in [0.1, 0.15) is 0 Å². The maximum atomic E-state index is 12.7. The summed E-state index contributed by atoms with van der Waals surface area (Å²) < 4.78 is 37.4. The second-order valence-corrected chi connectivity index (χ2v) is 9.54. The number of hydrogen-bond acceptors (Lipinski definition) is 7. The van der Waals surface area contributed by atoms with E-state index in [9.17, 15) is 22.8 Å². The third-order valence-corrected chi connectivity index (χ3v) is 6.86. The van der Waals surface area contributed by atoms with E-state index >= 15 is 0 Å². The van der Waals surface area contributed by atoms with Crippen molar-refractivity contribution in [1.82, 2.24) is 9.71 Å². The first-order chi connectivity index (χ1) is 16.0. The molecule has 3 aromatic rings. The average molecular weight is 487 g/mol. The summed E-state index contributed by atoms with van der Waals surface area (Å²) in [6.07, 6.45) is -1.40. The van der Waals surface area contributed by atoms with E-state index in [-0.39, 0.29) is 29.1 Å². The molecule has 3 rings (SSSR count). The van der Waals surface area contributed by atoms with Gasteiger partial charge in [0.15, 0.2) is 6.10 Å². The van der Waals surface area contributed by atoms with Crippen molar-refractivity contribution >= 4 is 38.5 Å². The van der Waals surface area contributed by atoms with Gasteiger partial charge >= 0.3 is 11.9 Å². The SMILES string of the molecule is COC(=O)c1c(C)[nH]c(C(=O)C(C)OC(=O)CCNS(=O)(=O)c2ccc3ccccc3c2)c1C. The number of ether oxygens (including phenoxy) is 2. The second kappa shape index (κ2) is 10.2. The predicted molar refractivity (Wildman–Crippen MR) is 125 cm³/mol. The number of H-pyrrole nitrogens is 1. The summed E-state index contributed by atoms with van der Waals surface area (Å²) in [5, 5.41) is 1.69. The largest absolute Gasteiger partial charge is 0.465 e. The molecule has 1 aromatic heterocycles. The molecule has 0 fully saturated rings. The van der Waals surface area contributed by atoms with E-state index in [4.69, 9.17) is 9.47 Å². The molecule has 0 bridgehead atoms. The van der Waals surface area contributed by atoms with E-state index < -0.39 is 33.8 Å². The monoisotopic (exact) mass is 486 g/mol. The fourth-order valence-corrected chi connectivity index (χ4v) is 4.69. The smallest absolute Gasteiger partial charge is 0.339 e. The van der Waals surface area contributed by atoms with Crippen molar-refractivity contribution in [3.05, 3.63) is 65.0 Å². The summed E-state index contributed by atoms with van der Waals surface area (Å²) in [7, 11) is -2.58. The highest BCUT2D eigenvalue weighted by Gasteiger charge is 2.27. The molecular formula is C24H26N2O7S. The molecule has 2 N–H and O–H groups in total. The number of ketones is 1. The highest BCUT2D eigenvalue weighted by Crippen LogP contribution is 2.21. The molecule has 0 radical (unpaired) electrons. The van der Waals surface area contributed by atoms with Gasteiger partial charge in [0.05, 0.1) is 29.7 Å². The standard InChI is InChI=1S/C24H26N2O7S/c1-14-21(24(29)32-4)15(2)26-22(14)23(28)16(3)33-20(27)11-12-25-34(30,31)19-10-9-17-7-5-6-8-18(17)13-19/h5-10,13,16,25-26H,11-12H2,1-4H3. The fourth-order valence-electron chi connectivity index (χ4n) is 3.62. The molecule has 2 aromatic carbocycles.